The van der Waals surface area contributed by atoms with E-state index in [0.29, 0.717) is 11.3 Å². The first-order chi connectivity index (χ1) is 4.52. The highest BCUT2D eigenvalue weighted by Crippen LogP contribution is 2.35. The fourth-order valence-corrected chi connectivity index (χ4v) is 3.91. The molecule has 2 heteroatoms. The van der Waals surface area contributed by atoms with Crippen molar-refractivity contribution in [3.8, 4) is 0 Å². The Morgan fingerprint density at radius 2 is 2.00 bits per heavy atom. The maximum atomic E-state index is 11.3. The predicted molar refractivity (Wildman–Crippen MR) is 46.0 cm³/mol. The molecule has 0 radical (unpaired) electrons. The second-order valence-electron chi connectivity index (χ2n) is 4.28. The van der Waals surface area contributed by atoms with Crippen LogP contribution in [-0.2, 0) is 4.79 Å². The maximum absolute atomic E-state index is 11.3. The van der Waals surface area contributed by atoms with Crippen molar-refractivity contribution in [1.82, 2.24) is 0 Å². The molecule has 58 valence electrons. The number of Topliss-reactive ketones (excluding diaryl/α,β-unsaturated/α-hetero) is 1. The summed E-state index contributed by atoms with van der Waals surface area (Å²) in [6, 6.07) is 0. The Morgan fingerprint density at radius 1 is 1.40 bits per heavy atom. The number of carbonyl (C=O) groups is 1. The van der Waals surface area contributed by atoms with Crippen LogP contribution in [0, 0.1) is 0 Å². The number of ketones is 1. The van der Waals surface area contributed by atoms with Gasteiger partial charge in [0.2, 0.25) is 0 Å². The van der Waals surface area contributed by atoms with E-state index in [4.69, 9.17) is 0 Å². The molecule has 0 bridgehead atoms. The quantitative estimate of drug-likeness (QED) is 0.533. The van der Waals surface area contributed by atoms with Crippen molar-refractivity contribution in [3.63, 3.8) is 0 Å². The Balaban J connectivity index is 2.64. The van der Waals surface area contributed by atoms with Gasteiger partial charge in [-0.25, -0.2) is 0 Å². The largest absolute Gasteiger partial charge is 0.300 e. The molecule has 1 aliphatic carbocycles. The van der Waals surface area contributed by atoms with Gasteiger partial charge in [0, 0.05) is 12.0 Å². The average Bonchev–Trinajstić information content (AvgIpc) is 2.11. The summed E-state index contributed by atoms with van der Waals surface area (Å²) in [5, 5.41) is 0. The van der Waals surface area contributed by atoms with E-state index in [1.165, 1.54) is 6.42 Å². The van der Waals surface area contributed by atoms with Crippen molar-refractivity contribution in [3.05, 3.63) is 0 Å². The molecule has 0 N–H and O–H groups in total. The van der Waals surface area contributed by atoms with Gasteiger partial charge in [0.15, 0.2) is 0 Å². The first-order valence-electron chi connectivity index (χ1n) is 4.04. The van der Waals surface area contributed by atoms with Crippen molar-refractivity contribution in [2.45, 2.75) is 44.4 Å². The van der Waals surface area contributed by atoms with Gasteiger partial charge < -0.3 is 0 Å². The van der Waals surface area contributed by atoms with Crippen molar-refractivity contribution >= 4 is 13.9 Å². The predicted octanol–water partition coefficient (Wildman–Crippen LogP) is 2.45. The molecule has 0 saturated heterocycles. The van der Waals surface area contributed by atoms with Gasteiger partial charge >= 0.3 is 0 Å². The molecule has 0 aromatic carbocycles. The molecule has 0 aromatic heterocycles. The smallest absolute Gasteiger partial charge is 0.133 e. The lowest BCUT2D eigenvalue weighted by atomic mass is 10.3. The molecule has 1 aliphatic rings. The lowest BCUT2D eigenvalue weighted by Crippen LogP contribution is -2.30. The fraction of sp³-hybridized carbons (Fsp3) is 0.875. The van der Waals surface area contributed by atoms with Crippen molar-refractivity contribution in [1.29, 1.82) is 0 Å². The third kappa shape index (κ3) is 1.48. The lowest BCUT2D eigenvalue weighted by Gasteiger charge is -2.22. The Morgan fingerprint density at radius 3 is 2.20 bits per heavy atom. The second kappa shape index (κ2) is 2.49. The molecule has 1 atom stereocenters. The van der Waals surface area contributed by atoms with Gasteiger partial charge in [-0.3, -0.25) is 4.79 Å². The third-order valence-corrected chi connectivity index (χ3v) is 5.05. The van der Waals surface area contributed by atoms with Crippen molar-refractivity contribution in [2.75, 3.05) is 0 Å². The summed E-state index contributed by atoms with van der Waals surface area (Å²) >= 11 is 0. The van der Waals surface area contributed by atoms with Crippen LogP contribution in [0.2, 0.25) is 25.2 Å². The summed E-state index contributed by atoms with van der Waals surface area (Å²) in [5.74, 6) is 0.541. The lowest BCUT2D eigenvalue weighted by molar-refractivity contribution is -0.117. The molecule has 1 saturated carbocycles. The highest BCUT2D eigenvalue weighted by Gasteiger charge is 2.35. The maximum Gasteiger partial charge on any atom is 0.133 e. The number of carbonyl (C=O) groups excluding carboxylic acids is 1. The van der Waals surface area contributed by atoms with Crippen LogP contribution in [0.5, 0.6) is 0 Å². The first-order valence-corrected chi connectivity index (χ1v) is 7.62. The molecule has 1 nitrogen and oxygen atoms in total. The summed E-state index contributed by atoms with van der Waals surface area (Å²) in [6.45, 7) is 6.88. The van der Waals surface area contributed by atoms with Gasteiger partial charge in [-0.2, -0.15) is 0 Å². The summed E-state index contributed by atoms with van der Waals surface area (Å²) in [7, 11) is -1.14. The van der Waals surface area contributed by atoms with Gasteiger partial charge in [-0.1, -0.05) is 19.6 Å². The van der Waals surface area contributed by atoms with E-state index in [-0.39, 0.29) is 0 Å². The van der Waals surface area contributed by atoms with Gasteiger partial charge in [0.05, 0.1) is 8.07 Å². The Hall–Kier alpha value is -0.113. The van der Waals surface area contributed by atoms with Crippen LogP contribution in [-0.4, -0.2) is 13.9 Å². The summed E-state index contributed by atoms with van der Waals surface area (Å²) in [4.78, 5) is 11.3. The van der Waals surface area contributed by atoms with E-state index in [0.717, 1.165) is 12.8 Å². The zero-order chi connectivity index (χ0) is 7.78. The van der Waals surface area contributed by atoms with E-state index in [2.05, 4.69) is 19.6 Å². The fourth-order valence-electron chi connectivity index (χ4n) is 1.73. The Kier molecular flexibility index (Phi) is 1.99. The van der Waals surface area contributed by atoms with Crippen LogP contribution in [0.3, 0.4) is 0 Å². The SMILES string of the molecule is C[Si](C)(C)C1CCCC1=O. The van der Waals surface area contributed by atoms with Crippen LogP contribution >= 0.6 is 0 Å². The minimum atomic E-state index is -1.14. The van der Waals surface area contributed by atoms with E-state index in [9.17, 15) is 4.79 Å². The van der Waals surface area contributed by atoms with Gasteiger partial charge in [0.25, 0.3) is 0 Å². The highest BCUT2D eigenvalue weighted by molar-refractivity contribution is 6.80. The number of hydrogen-bond acceptors (Lipinski definition) is 1. The summed E-state index contributed by atoms with van der Waals surface area (Å²) in [5.41, 5.74) is 0.479. The summed E-state index contributed by atoms with van der Waals surface area (Å²) in [6.07, 6.45) is 3.18. The zero-order valence-electron chi connectivity index (χ0n) is 7.11. The molecule has 1 unspecified atom stereocenters. The van der Waals surface area contributed by atoms with Gasteiger partial charge in [0.1, 0.15) is 5.78 Å². The minimum absolute atomic E-state index is 0.479. The van der Waals surface area contributed by atoms with Crippen LogP contribution in [0.15, 0.2) is 0 Å². The monoisotopic (exact) mass is 156 g/mol. The van der Waals surface area contributed by atoms with Crippen molar-refractivity contribution in [2.24, 2.45) is 0 Å². The van der Waals surface area contributed by atoms with Crippen molar-refractivity contribution < 1.29 is 4.79 Å². The molecule has 0 aliphatic heterocycles. The van der Waals surface area contributed by atoms with Gasteiger partial charge in [-0.05, 0) is 12.8 Å². The van der Waals surface area contributed by atoms with Crippen LogP contribution < -0.4 is 0 Å². The molecule has 0 aromatic rings. The zero-order valence-corrected chi connectivity index (χ0v) is 8.11. The molecule has 0 spiro atoms. The van der Waals surface area contributed by atoms with E-state index >= 15 is 0 Å². The van der Waals surface area contributed by atoms with Crippen LogP contribution in [0.25, 0.3) is 0 Å². The van der Waals surface area contributed by atoms with E-state index < -0.39 is 8.07 Å². The minimum Gasteiger partial charge on any atom is -0.300 e. The van der Waals surface area contributed by atoms with Crippen LogP contribution in [0.1, 0.15) is 19.3 Å². The van der Waals surface area contributed by atoms with E-state index in [1.807, 2.05) is 0 Å². The third-order valence-electron chi connectivity index (χ3n) is 2.35. The standard InChI is InChI=1S/C8H16OSi/c1-10(2,3)8-6-4-5-7(8)9/h8H,4-6H2,1-3H3. The molecule has 0 heterocycles. The average molecular weight is 156 g/mol. The first kappa shape index (κ1) is 7.99. The molecular weight excluding hydrogens is 140 g/mol. The Labute approximate surface area is 63.8 Å². The molecule has 1 rings (SSSR count). The van der Waals surface area contributed by atoms with Crippen LogP contribution in [0.4, 0.5) is 0 Å². The topological polar surface area (TPSA) is 17.1 Å². The molecule has 1 fully saturated rings. The molecule has 10 heavy (non-hydrogen) atoms. The summed E-state index contributed by atoms with van der Waals surface area (Å²) < 4.78 is 0. The van der Waals surface area contributed by atoms with Gasteiger partial charge in [-0.15, -0.1) is 0 Å². The normalized spacial score (nSPS) is 27.5. The number of hydrogen-bond donors (Lipinski definition) is 0. The Bertz CT molecular complexity index is 146. The second-order valence-corrected chi connectivity index (χ2v) is 9.71. The molecular formula is C8H16OSi. The van der Waals surface area contributed by atoms with E-state index in [1.54, 1.807) is 0 Å². The number of rotatable bonds is 1. The highest BCUT2D eigenvalue weighted by atomic mass is 28.3. The molecule has 0 amide bonds.